The van der Waals surface area contributed by atoms with Gasteiger partial charge in [0.05, 0.1) is 0 Å². The third-order valence-corrected chi connectivity index (χ3v) is 3.22. The van der Waals surface area contributed by atoms with Crippen molar-refractivity contribution in [2.75, 3.05) is 7.05 Å². The van der Waals surface area contributed by atoms with Crippen molar-refractivity contribution >= 4 is 0 Å². The van der Waals surface area contributed by atoms with Gasteiger partial charge in [-0.1, -0.05) is 37.2 Å². The van der Waals surface area contributed by atoms with Crippen LogP contribution in [0.5, 0.6) is 5.75 Å². The Morgan fingerprint density at radius 1 is 1.30 bits per heavy atom. The minimum atomic E-state index is 0.280. The van der Waals surface area contributed by atoms with Crippen LogP contribution in [0.15, 0.2) is 28.8 Å². The Morgan fingerprint density at radius 3 is 2.75 bits per heavy atom. The zero-order valence-electron chi connectivity index (χ0n) is 12.2. The molecule has 0 fully saturated rings. The number of para-hydroxylation sites is 1. The second-order valence-electron chi connectivity index (χ2n) is 4.53. The van der Waals surface area contributed by atoms with Crippen LogP contribution in [0.2, 0.25) is 0 Å². The van der Waals surface area contributed by atoms with Gasteiger partial charge in [0, 0.05) is 18.0 Å². The molecule has 2 aromatic rings. The topological polar surface area (TPSA) is 60.2 Å². The molecule has 20 heavy (non-hydrogen) atoms. The van der Waals surface area contributed by atoms with E-state index in [1.807, 2.05) is 32.2 Å². The molecule has 1 aromatic carbocycles. The van der Waals surface area contributed by atoms with Crippen molar-refractivity contribution in [1.29, 1.82) is 0 Å². The summed E-state index contributed by atoms with van der Waals surface area (Å²) in [4.78, 5) is 4.24. The molecule has 0 aliphatic rings. The Balaban J connectivity index is 2.09. The van der Waals surface area contributed by atoms with Crippen LogP contribution >= 0.6 is 0 Å². The van der Waals surface area contributed by atoms with E-state index in [1.165, 1.54) is 0 Å². The van der Waals surface area contributed by atoms with Gasteiger partial charge in [-0.2, -0.15) is 4.98 Å². The first-order valence-corrected chi connectivity index (χ1v) is 6.98. The van der Waals surface area contributed by atoms with Crippen molar-refractivity contribution in [3.05, 3.63) is 41.5 Å². The number of hydrogen-bond acceptors (Lipinski definition) is 5. The molecule has 5 heteroatoms. The molecule has 0 aliphatic carbocycles. The van der Waals surface area contributed by atoms with Crippen molar-refractivity contribution in [2.24, 2.45) is 0 Å². The van der Waals surface area contributed by atoms with E-state index in [1.54, 1.807) is 0 Å². The molecule has 1 N–H and O–H groups in total. The number of nitrogens with one attached hydrogen (secondary N) is 1. The first kappa shape index (κ1) is 14.5. The second kappa shape index (κ2) is 7.05. The fraction of sp³-hybridized carbons (Fsp3) is 0.467. The molecule has 0 radical (unpaired) electrons. The lowest BCUT2D eigenvalue weighted by Crippen LogP contribution is -2.16. The Hall–Kier alpha value is -1.88. The highest BCUT2D eigenvalue weighted by molar-refractivity contribution is 5.35. The molecule has 108 valence electrons. The first-order chi connectivity index (χ1) is 9.78. The summed E-state index contributed by atoms with van der Waals surface area (Å²) in [5.74, 6) is 2.07. The molecule has 1 heterocycles. The van der Waals surface area contributed by atoms with Crippen molar-refractivity contribution in [3.8, 4) is 5.75 Å². The van der Waals surface area contributed by atoms with Gasteiger partial charge in [0.15, 0.2) is 6.61 Å². The first-order valence-electron chi connectivity index (χ1n) is 6.98. The summed E-state index contributed by atoms with van der Waals surface area (Å²) < 4.78 is 10.9. The number of hydrogen-bond donors (Lipinski definition) is 1. The quantitative estimate of drug-likeness (QED) is 0.842. The summed E-state index contributed by atoms with van der Waals surface area (Å²) in [6.07, 6.45) is 1.74. The van der Waals surface area contributed by atoms with Crippen molar-refractivity contribution in [3.63, 3.8) is 0 Å². The molecular formula is C15H21N3O2. The van der Waals surface area contributed by atoms with Gasteiger partial charge < -0.3 is 14.6 Å². The maximum atomic E-state index is 5.84. The Labute approximate surface area is 119 Å². The van der Waals surface area contributed by atoms with Crippen LogP contribution in [0.4, 0.5) is 0 Å². The predicted molar refractivity (Wildman–Crippen MR) is 76.5 cm³/mol. The molecule has 0 saturated heterocycles. The molecule has 0 saturated carbocycles. The molecule has 2 rings (SSSR count). The highest BCUT2D eigenvalue weighted by Crippen LogP contribution is 2.27. The summed E-state index contributed by atoms with van der Waals surface area (Å²) in [7, 11) is 1.96. The maximum Gasteiger partial charge on any atom is 0.226 e. The van der Waals surface area contributed by atoms with Crippen LogP contribution in [0.3, 0.4) is 0 Å². The van der Waals surface area contributed by atoms with Gasteiger partial charge in [-0.15, -0.1) is 0 Å². The fourth-order valence-corrected chi connectivity index (χ4v) is 2.11. The van der Waals surface area contributed by atoms with Crippen LogP contribution in [0.1, 0.15) is 43.6 Å². The standard InChI is InChI=1S/C15H21N3O2/c1-4-12(16-3)11-8-6-7-9-13(11)19-10-14-17-15(5-2)20-18-14/h6-9,12,16H,4-5,10H2,1-3H3. The van der Waals surface area contributed by atoms with Gasteiger partial charge in [-0.25, -0.2) is 0 Å². The molecular weight excluding hydrogens is 254 g/mol. The lowest BCUT2D eigenvalue weighted by atomic mass is 10.0. The van der Waals surface area contributed by atoms with E-state index in [4.69, 9.17) is 9.26 Å². The minimum Gasteiger partial charge on any atom is -0.485 e. The van der Waals surface area contributed by atoms with Crippen LogP contribution in [-0.2, 0) is 13.0 Å². The summed E-state index contributed by atoms with van der Waals surface area (Å²) in [6, 6.07) is 8.31. The van der Waals surface area contributed by atoms with E-state index < -0.39 is 0 Å². The van der Waals surface area contributed by atoms with Gasteiger partial charge in [-0.3, -0.25) is 0 Å². The van der Waals surface area contributed by atoms with E-state index >= 15 is 0 Å². The van der Waals surface area contributed by atoms with E-state index in [0.29, 0.717) is 18.3 Å². The minimum absolute atomic E-state index is 0.280. The number of aryl methyl sites for hydroxylation is 1. The van der Waals surface area contributed by atoms with E-state index in [2.05, 4.69) is 28.4 Å². The smallest absolute Gasteiger partial charge is 0.226 e. The van der Waals surface area contributed by atoms with Gasteiger partial charge in [0.25, 0.3) is 0 Å². The van der Waals surface area contributed by atoms with E-state index in [9.17, 15) is 0 Å². The Morgan fingerprint density at radius 2 is 2.10 bits per heavy atom. The lowest BCUT2D eigenvalue weighted by Gasteiger charge is -2.18. The molecule has 1 atom stereocenters. The number of benzene rings is 1. The van der Waals surface area contributed by atoms with Crippen molar-refractivity contribution in [1.82, 2.24) is 15.5 Å². The molecule has 1 aromatic heterocycles. The van der Waals surface area contributed by atoms with E-state index in [0.717, 1.165) is 24.2 Å². The normalized spacial score (nSPS) is 12.3. The molecule has 0 spiro atoms. The third kappa shape index (κ3) is 3.36. The molecule has 0 amide bonds. The van der Waals surface area contributed by atoms with Gasteiger partial charge in [0.2, 0.25) is 11.7 Å². The number of nitrogens with zero attached hydrogens (tertiary/aromatic N) is 2. The van der Waals surface area contributed by atoms with Gasteiger partial charge in [0.1, 0.15) is 5.75 Å². The molecule has 0 aliphatic heterocycles. The summed E-state index contributed by atoms with van der Waals surface area (Å²) in [5, 5.41) is 7.18. The number of aromatic nitrogens is 2. The largest absolute Gasteiger partial charge is 0.485 e. The van der Waals surface area contributed by atoms with Gasteiger partial charge >= 0.3 is 0 Å². The second-order valence-corrected chi connectivity index (χ2v) is 4.53. The maximum absolute atomic E-state index is 5.84. The predicted octanol–water partition coefficient (Wildman–Crippen LogP) is 2.88. The third-order valence-electron chi connectivity index (χ3n) is 3.22. The lowest BCUT2D eigenvalue weighted by molar-refractivity contribution is 0.280. The molecule has 0 bridgehead atoms. The van der Waals surface area contributed by atoms with E-state index in [-0.39, 0.29) is 6.04 Å². The zero-order valence-corrected chi connectivity index (χ0v) is 12.2. The van der Waals surface area contributed by atoms with Crippen LogP contribution < -0.4 is 10.1 Å². The Kier molecular flexibility index (Phi) is 5.12. The number of ether oxygens (including phenoxy) is 1. The van der Waals surface area contributed by atoms with Crippen LogP contribution in [0.25, 0.3) is 0 Å². The highest BCUT2D eigenvalue weighted by Gasteiger charge is 2.13. The fourth-order valence-electron chi connectivity index (χ4n) is 2.11. The summed E-state index contributed by atoms with van der Waals surface area (Å²) in [6.45, 7) is 4.44. The molecule has 1 unspecified atom stereocenters. The monoisotopic (exact) mass is 275 g/mol. The Bertz CT molecular complexity index is 535. The van der Waals surface area contributed by atoms with Crippen molar-refractivity contribution in [2.45, 2.75) is 39.3 Å². The SMILES string of the molecule is CCc1nc(COc2ccccc2C(CC)NC)no1. The van der Waals surface area contributed by atoms with Crippen LogP contribution in [0, 0.1) is 0 Å². The summed E-state index contributed by atoms with van der Waals surface area (Å²) >= 11 is 0. The average Bonchev–Trinajstić information content (AvgIpc) is 2.95. The summed E-state index contributed by atoms with van der Waals surface area (Å²) in [5.41, 5.74) is 1.15. The van der Waals surface area contributed by atoms with Gasteiger partial charge in [-0.05, 0) is 19.5 Å². The average molecular weight is 275 g/mol. The van der Waals surface area contributed by atoms with Crippen molar-refractivity contribution < 1.29 is 9.26 Å². The number of rotatable bonds is 7. The van der Waals surface area contributed by atoms with Crippen LogP contribution in [-0.4, -0.2) is 17.2 Å². The highest BCUT2D eigenvalue weighted by atomic mass is 16.5. The molecule has 5 nitrogen and oxygen atoms in total. The zero-order chi connectivity index (χ0) is 14.4.